The maximum absolute atomic E-state index is 11.3. The van der Waals surface area contributed by atoms with Gasteiger partial charge in [-0.15, -0.1) is 0 Å². The molecule has 0 saturated heterocycles. The van der Waals surface area contributed by atoms with Crippen LogP contribution in [0.5, 0.6) is 17.4 Å². The summed E-state index contributed by atoms with van der Waals surface area (Å²) in [5, 5.41) is 9.63. The number of halogens is 1. The third-order valence-corrected chi connectivity index (χ3v) is 5.47. The SMILES string of the molecule is CCCC/C(=C\C(=O)O)c1cc(Cl)c(Oc2ccc(OCc3ccc(C)cc3)cn2)cc1C. The third-order valence-electron chi connectivity index (χ3n) is 5.17. The van der Waals surface area contributed by atoms with Crippen molar-refractivity contribution in [1.82, 2.24) is 4.98 Å². The zero-order valence-electron chi connectivity index (χ0n) is 19.1. The van der Waals surface area contributed by atoms with Gasteiger partial charge in [0.2, 0.25) is 5.88 Å². The van der Waals surface area contributed by atoms with Crippen molar-refractivity contribution in [3.05, 3.63) is 88.1 Å². The van der Waals surface area contributed by atoms with Crippen LogP contribution < -0.4 is 9.47 Å². The Morgan fingerprint density at radius 2 is 1.88 bits per heavy atom. The average molecular weight is 466 g/mol. The highest BCUT2D eigenvalue weighted by Crippen LogP contribution is 2.35. The van der Waals surface area contributed by atoms with Crippen molar-refractivity contribution in [2.24, 2.45) is 0 Å². The summed E-state index contributed by atoms with van der Waals surface area (Å²) < 4.78 is 11.7. The molecule has 1 N–H and O–H groups in total. The van der Waals surface area contributed by atoms with Crippen molar-refractivity contribution >= 4 is 23.1 Å². The zero-order chi connectivity index (χ0) is 23.8. The van der Waals surface area contributed by atoms with Crippen molar-refractivity contribution in [3.63, 3.8) is 0 Å². The maximum atomic E-state index is 11.3. The first-order valence-electron chi connectivity index (χ1n) is 10.9. The Balaban J connectivity index is 1.70. The van der Waals surface area contributed by atoms with Crippen LogP contribution in [0.1, 0.15) is 48.4 Å². The number of rotatable bonds is 10. The van der Waals surface area contributed by atoms with Gasteiger partial charge >= 0.3 is 5.97 Å². The fraction of sp³-hybridized carbons (Fsp3) is 0.259. The van der Waals surface area contributed by atoms with Gasteiger partial charge in [-0.05, 0) is 67.2 Å². The number of aryl methyl sites for hydroxylation is 2. The van der Waals surface area contributed by atoms with Crippen LogP contribution in [0.2, 0.25) is 5.02 Å². The number of nitrogens with zero attached hydrogens (tertiary/aromatic N) is 1. The molecule has 0 unspecified atom stereocenters. The molecule has 0 aliphatic carbocycles. The lowest BCUT2D eigenvalue weighted by atomic mass is 9.95. The smallest absolute Gasteiger partial charge is 0.328 e. The lowest BCUT2D eigenvalue weighted by Crippen LogP contribution is -1.98. The quantitative estimate of drug-likeness (QED) is 0.316. The van der Waals surface area contributed by atoms with Gasteiger partial charge in [0, 0.05) is 12.1 Å². The molecular weight excluding hydrogens is 438 g/mol. The van der Waals surface area contributed by atoms with Gasteiger partial charge in [-0.1, -0.05) is 54.8 Å². The summed E-state index contributed by atoms with van der Waals surface area (Å²) in [6, 6.07) is 15.3. The number of benzene rings is 2. The molecule has 0 radical (unpaired) electrons. The average Bonchev–Trinajstić information content (AvgIpc) is 2.79. The van der Waals surface area contributed by atoms with E-state index in [2.05, 4.69) is 24.0 Å². The van der Waals surface area contributed by atoms with Crippen molar-refractivity contribution < 1.29 is 19.4 Å². The number of carboxylic acid groups (broad SMARTS) is 1. The highest BCUT2D eigenvalue weighted by molar-refractivity contribution is 6.32. The predicted octanol–water partition coefficient (Wildman–Crippen LogP) is 7.38. The largest absolute Gasteiger partial charge is 0.487 e. The van der Waals surface area contributed by atoms with Crippen molar-refractivity contribution in [2.75, 3.05) is 0 Å². The van der Waals surface area contributed by atoms with Gasteiger partial charge in [0.25, 0.3) is 0 Å². The number of aromatic nitrogens is 1. The number of pyridine rings is 1. The Hall–Kier alpha value is -3.31. The molecule has 0 saturated carbocycles. The summed E-state index contributed by atoms with van der Waals surface area (Å²) in [6.07, 6.45) is 5.41. The first kappa shape index (κ1) is 24.3. The summed E-state index contributed by atoms with van der Waals surface area (Å²) in [7, 11) is 0. The summed E-state index contributed by atoms with van der Waals surface area (Å²) >= 11 is 6.47. The van der Waals surface area contributed by atoms with Crippen molar-refractivity contribution in [1.29, 1.82) is 0 Å². The molecule has 0 atom stereocenters. The molecule has 3 aromatic rings. The van der Waals surface area contributed by atoms with Gasteiger partial charge in [0.15, 0.2) is 0 Å². The monoisotopic (exact) mass is 465 g/mol. The molecule has 3 rings (SSSR count). The molecule has 0 spiro atoms. The van der Waals surface area contributed by atoms with Crippen LogP contribution in [0.15, 0.2) is 60.8 Å². The van der Waals surface area contributed by atoms with E-state index in [0.717, 1.165) is 35.1 Å². The Bertz CT molecular complexity index is 1120. The molecular formula is C27H28ClNO4. The normalized spacial score (nSPS) is 11.3. The van der Waals surface area contributed by atoms with Crippen LogP contribution in [0.4, 0.5) is 0 Å². The van der Waals surface area contributed by atoms with E-state index in [0.29, 0.717) is 35.4 Å². The minimum Gasteiger partial charge on any atom is -0.487 e. The van der Waals surface area contributed by atoms with Crippen molar-refractivity contribution in [3.8, 4) is 17.4 Å². The highest BCUT2D eigenvalue weighted by atomic mass is 35.5. The Morgan fingerprint density at radius 1 is 1.12 bits per heavy atom. The molecule has 1 aromatic heterocycles. The molecule has 172 valence electrons. The number of ether oxygens (including phenoxy) is 2. The summed E-state index contributed by atoms with van der Waals surface area (Å²) in [6.45, 7) is 6.49. The zero-order valence-corrected chi connectivity index (χ0v) is 19.9. The number of carboxylic acids is 1. The van der Waals surface area contributed by atoms with E-state index in [1.54, 1.807) is 24.4 Å². The lowest BCUT2D eigenvalue weighted by Gasteiger charge is -2.14. The second-order valence-electron chi connectivity index (χ2n) is 7.92. The van der Waals surface area contributed by atoms with Gasteiger partial charge in [-0.3, -0.25) is 0 Å². The van der Waals surface area contributed by atoms with Crippen molar-refractivity contribution in [2.45, 2.75) is 46.6 Å². The molecule has 0 fully saturated rings. The standard InChI is InChI=1S/C27H28ClNO4/c1-4-5-6-21(14-27(30)31)23-15-24(28)25(13-19(23)3)33-26-12-11-22(16-29-26)32-17-20-9-7-18(2)8-10-20/h7-16H,4-6,17H2,1-3H3,(H,30,31)/b21-14+. The van der Waals surface area contributed by atoms with Gasteiger partial charge in [-0.2, -0.15) is 0 Å². The number of aliphatic carboxylic acids is 1. The predicted molar refractivity (Wildman–Crippen MR) is 131 cm³/mol. The Kier molecular flexibility index (Phi) is 8.50. The minimum absolute atomic E-state index is 0.388. The van der Waals surface area contributed by atoms with Crippen LogP contribution in [0.25, 0.3) is 5.57 Å². The molecule has 0 bridgehead atoms. The molecule has 2 aromatic carbocycles. The molecule has 0 aliphatic rings. The van der Waals surface area contributed by atoms with Gasteiger partial charge in [-0.25, -0.2) is 9.78 Å². The van der Waals surface area contributed by atoms with E-state index in [1.807, 2.05) is 32.0 Å². The number of hydrogen-bond acceptors (Lipinski definition) is 4. The van der Waals surface area contributed by atoms with E-state index in [4.69, 9.17) is 21.1 Å². The van der Waals surface area contributed by atoms with Crippen LogP contribution in [0.3, 0.4) is 0 Å². The third kappa shape index (κ3) is 7.09. The van der Waals surface area contributed by atoms with Gasteiger partial charge in [0.05, 0.1) is 11.2 Å². The summed E-state index contributed by atoms with van der Waals surface area (Å²) in [5.74, 6) is 0.522. The number of unbranched alkanes of at least 4 members (excludes halogenated alkanes) is 1. The van der Waals surface area contributed by atoms with Crippen LogP contribution in [0, 0.1) is 13.8 Å². The van der Waals surface area contributed by atoms with Crippen LogP contribution in [-0.4, -0.2) is 16.1 Å². The Labute approximate surface area is 199 Å². The van der Waals surface area contributed by atoms with Gasteiger partial charge in [0.1, 0.15) is 18.1 Å². The van der Waals surface area contributed by atoms with E-state index in [-0.39, 0.29) is 0 Å². The Morgan fingerprint density at radius 3 is 2.52 bits per heavy atom. The fourth-order valence-corrected chi connectivity index (χ4v) is 3.56. The fourth-order valence-electron chi connectivity index (χ4n) is 3.36. The molecule has 1 heterocycles. The summed E-state index contributed by atoms with van der Waals surface area (Å²) in [4.78, 5) is 15.6. The summed E-state index contributed by atoms with van der Waals surface area (Å²) in [5.41, 5.74) is 4.74. The van der Waals surface area contributed by atoms with E-state index >= 15 is 0 Å². The molecule has 0 aliphatic heterocycles. The minimum atomic E-state index is -0.967. The number of allylic oxidation sites excluding steroid dienone is 1. The lowest BCUT2D eigenvalue weighted by molar-refractivity contribution is -0.131. The highest BCUT2D eigenvalue weighted by Gasteiger charge is 2.13. The topological polar surface area (TPSA) is 68.7 Å². The molecule has 33 heavy (non-hydrogen) atoms. The number of carbonyl (C=O) groups is 1. The maximum Gasteiger partial charge on any atom is 0.328 e. The van der Waals surface area contributed by atoms with E-state index in [9.17, 15) is 9.90 Å². The molecule has 0 amide bonds. The second-order valence-corrected chi connectivity index (χ2v) is 8.32. The second kappa shape index (κ2) is 11.5. The van der Waals surface area contributed by atoms with Gasteiger partial charge < -0.3 is 14.6 Å². The number of hydrogen-bond donors (Lipinski definition) is 1. The van der Waals surface area contributed by atoms with Crippen LogP contribution in [-0.2, 0) is 11.4 Å². The van der Waals surface area contributed by atoms with E-state index < -0.39 is 5.97 Å². The molecule has 5 nitrogen and oxygen atoms in total. The first-order valence-corrected chi connectivity index (χ1v) is 11.3. The molecule has 6 heteroatoms. The van der Waals surface area contributed by atoms with E-state index in [1.165, 1.54) is 11.6 Å². The van der Waals surface area contributed by atoms with Crippen LogP contribution >= 0.6 is 11.6 Å². The first-order chi connectivity index (χ1) is 15.9.